The zero-order chi connectivity index (χ0) is 85.6. The molecule has 2 aliphatic heterocycles. The number of hydrogen-bond donors (Lipinski definition) is 0. The van der Waals surface area contributed by atoms with Gasteiger partial charge in [0.25, 0.3) is 0 Å². The van der Waals surface area contributed by atoms with Gasteiger partial charge in [0.15, 0.2) is 0 Å². The monoisotopic (exact) mass is 1890 g/mol. The maximum Gasteiger partial charge on any atom is 0.494 e. The van der Waals surface area contributed by atoms with Crippen molar-refractivity contribution in [3.05, 3.63) is 246 Å². The molecule has 0 atom stereocenters. The van der Waals surface area contributed by atoms with Gasteiger partial charge in [-0.05, 0) is 210 Å². The number of nitrogens with zero attached hydrogens (tertiary/aromatic N) is 2. The number of anilines is 6. The number of furan rings is 1. The minimum absolute atomic E-state index is 0.0173. The Kier molecular flexibility index (Phi) is 34.0. The molecule has 12 aromatic rings. The van der Waals surface area contributed by atoms with Crippen LogP contribution in [0.4, 0.5) is 34.1 Å². The molecule has 2 saturated heterocycles. The zero-order valence-corrected chi connectivity index (χ0v) is 80.5. The molecule has 15 rings (SSSR count). The SMILES string of the molecule is CC(C)(C)c1ccc(N(c2ccc(Br)cc2)c2c3ccccc3c(N(c3ccc(Br)cc3)c3ccc(C(C)(C)C)cc3)c3ccccc23)cc1.CCCCCCCCC1(CCCCCCCC)c2cc(B3OCCO3)ccc2-c2ccc(B3OCCO3)cc21.CCCCCCCCOc1cc2c(cc1Br)oc1cc(Br)c(OCCCCCCCC)cc12. The third kappa shape index (κ3) is 23.2. The van der Waals surface area contributed by atoms with Gasteiger partial charge in [-0.25, -0.2) is 0 Å². The van der Waals surface area contributed by atoms with Crippen molar-refractivity contribution < 1.29 is 32.5 Å². The summed E-state index contributed by atoms with van der Waals surface area (Å²) < 4.78 is 46.1. The van der Waals surface area contributed by atoms with Crippen LogP contribution in [0, 0.1) is 0 Å². The molecule has 0 amide bonds. The van der Waals surface area contributed by atoms with Crippen molar-refractivity contribution >= 4 is 166 Å². The summed E-state index contributed by atoms with van der Waals surface area (Å²) >= 11 is 14.7. The molecule has 3 aliphatic rings. The van der Waals surface area contributed by atoms with E-state index in [4.69, 9.17) is 32.5 Å². The smallest absolute Gasteiger partial charge is 0.492 e. The Hall–Kier alpha value is -7.17. The predicted octanol–water partition coefficient (Wildman–Crippen LogP) is 32.6. The molecule has 122 heavy (non-hydrogen) atoms. The summed E-state index contributed by atoms with van der Waals surface area (Å²) in [6.07, 6.45) is 33.3. The van der Waals surface area contributed by atoms with E-state index in [-0.39, 0.29) is 30.5 Å². The van der Waals surface area contributed by atoms with Crippen molar-refractivity contribution in [2.75, 3.05) is 49.4 Å². The lowest BCUT2D eigenvalue weighted by Crippen LogP contribution is -2.35. The lowest BCUT2D eigenvalue weighted by molar-refractivity contribution is 0.302. The standard InChI is InChI=1S/C46H42Br2N2.C33H48B2O4.C28H38Br2O3/c1-45(2,3)31-15-23-35(24-16-31)49(37-27-19-33(47)20-28-37)43-39-11-7-9-13-41(39)44(42-14-10-8-12-40(42)43)50(38-29-21-34(48)22-30-38)36-25-17-32(18-26-36)46(4,5)6;1-3-5-7-9-11-13-19-33(20-14-12-10-8-6-4-2)31-25-27(34-36-21-22-37-34)15-17-29(31)30-18-16-28(26-32(30)33)35-38-23-24-39-35;1-3-5-7-9-11-13-15-31-27-17-21-22-18-28(32-16-14-12-10-8-6-4-2)24(30)20-26(22)33-25(21)19-23(27)29/h7-30H,1-6H3;15-18,25-26H,3-14,19-24H2,1-2H3;17-20H,3-16H2,1-2H3. The van der Waals surface area contributed by atoms with E-state index in [9.17, 15) is 0 Å². The van der Waals surface area contributed by atoms with Gasteiger partial charge in [0.1, 0.15) is 22.7 Å². The van der Waals surface area contributed by atoms with Crippen LogP contribution in [0.1, 0.15) is 258 Å². The maximum absolute atomic E-state index is 6.11. The minimum atomic E-state index is -0.240. The number of ether oxygens (including phenoxy) is 2. The second-order valence-corrected chi connectivity index (χ2v) is 39.3. The summed E-state index contributed by atoms with van der Waals surface area (Å²) in [4.78, 5) is 4.85. The van der Waals surface area contributed by atoms with Crippen LogP contribution in [0.2, 0.25) is 0 Å². The van der Waals surface area contributed by atoms with E-state index in [1.807, 2.05) is 12.1 Å². The van der Waals surface area contributed by atoms with Gasteiger partial charge in [-0.2, -0.15) is 0 Å². The molecule has 11 aromatic carbocycles. The lowest BCUT2D eigenvalue weighted by Gasteiger charge is -2.33. The minimum Gasteiger partial charge on any atom is -0.492 e. The topological polar surface area (TPSA) is 75.0 Å². The third-order valence-electron chi connectivity index (χ3n) is 24.7. The summed E-state index contributed by atoms with van der Waals surface area (Å²) in [6, 6.07) is 75.4. The molecule has 0 N–H and O–H groups in total. The van der Waals surface area contributed by atoms with Crippen molar-refractivity contribution in [1.82, 2.24) is 0 Å². The molecule has 3 heterocycles. The highest BCUT2D eigenvalue weighted by molar-refractivity contribution is 9.11. The molecule has 9 nitrogen and oxygen atoms in total. The molecule has 642 valence electrons. The first-order valence-electron chi connectivity index (χ1n) is 45.9. The second-order valence-electron chi connectivity index (χ2n) is 35.8. The zero-order valence-electron chi connectivity index (χ0n) is 74.2. The fraction of sp³-hybridized carbons (Fsp3) is 0.421. The van der Waals surface area contributed by atoms with E-state index in [2.05, 4.69) is 337 Å². The summed E-state index contributed by atoms with van der Waals surface area (Å²) in [6.45, 7) is 26.9. The van der Waals surface area contributed by atoms with E-state index in [1.54, 1.807) is 0 Å². The summed E-state index contributed by atoms with van der Waals surface area (Å²) in [5.41, 5.74) is 19.3. The largest absolute Gasteiger partial charge is 0.494 e. The molecular formula is C107H128B2Br4N2O7. The quantitative estimate of drug-likeness (QED) is 0.0163. The third-order valence-corrected chi connectivity index (χ3v) is 27.0. The van der Waals surface area contributed by atoms with Crippen molar-refractivity contribution in [3.8, 4) is 22.6 Å². The number of rotatable bonds is 38. The summed E-state index contributed by atoms with van der Waals surface area (Å²) in [7, 11) is -0.480. The Morgan fingerprint density at radius 3 is 0.959 bits per heavy atom. The fourth-order valence-electron chi connectivity index (χ4n) is 17.9. The van der Waals surface area contributed by atoms with Gasteiger partial charge in [0, 0.05) is 69.4 Å². The molecule has 0 saturated carbocycles. The number of hydrogen-bond acceptors (Lipinski definition) is 9. The summed E-state index contributed by atoms with van der Waals surface area (Å²) in [5.74, 6) is 1.74. The number of halogens is 4. The van der Waals surface area contributed by atoms with E-state index < -0.39 is 0 Å². The van der Waals surface area contributed by atoms with Gasteiger partial charge >= 0.3 is 14.2 Å². The van der Waals surface area contributed by atoms with Gasteiger partial charge in [-0.3, -0.25) is 0 Å². The van der Waals surface area contributed by atoms with Gasteiger partial charge in [-0.1, -0.05) is 352 Å². The van der Waals surface area contributed by atoms with Crippen LogP contribution in [0.25, 0.3) is 54.6 Å². The van der Waals surface area contributed by atoms with Crippen LogP contribution < -0.4 is 30.2 Å². The first-order chi connectivity index (χ1) is 59.3. The molecule has 0 radical (unpaired) electrons. The van der Waals surface area contributed by atoms with Gasteiger partial charge in [0.2, 0.25) is 0 Å². The van der Waals surface area contributed by atoms with E-state index in [0.29, 0.717) is 26.4 Å². The molecule has 1 aromatic heterocycles. The average Bonchev–Trinajstić information content (AvgIpc) is 1.37. The highest BCUT2D eigenvalue weighted by Gasteiger charge is 2.45. The molecule has 15 heteroatoms. The fourth-order valence-corrected chi connectivity index (χ4v) is 19.3. The van der Waals surface area contributed by atoms with E-state index >= 15 is 0 Å². The van der Waals surface area contributed by atoms with Crippen LogP contribution >= 0.6 is 63.7 Å². The maximum atomic E-state index is 6.11. The molecule has 0 unspecified atom stereocenters. The van der Waals surface area contributed by atoms with Crippen LogP contribution in [-0.4, -0.2) is 53.9 Å². The molecule has 2 fully saturated rings. The molecule has 1 aliphatic carbocycles. The van der Waals surface area contributed by atoms with Crippen LogP contribution in [0.5, 0.6) is 11.5 Å². The Balaban J connectivity index is 0.000000162. The highest BCUT2D eigenvalue weighted by atomic mass is 79.9. The van der Waals surface area contributed by atoms with Crippen molar-refractivity contribution in [2.24, 2.45) is 0 Å². The van der Waals surface area contributed by atoms with Crippen LogP contribution in [-0.2, 0) is 34.9 Å². The van der Waals surface area contributed by atoms with Crippen LogP contribution in [0.3, 0.4) is 0 Å². The number of fused-ring (bicyclic) bond motifs is 8. The Morgan fingerprint density at radius 2 is 0.639 bits per heavy atom. The first kappa shape index (κ1) is 92.5. The van der Waals surface area contributed by atoms with Crippen molar-refractivity contribution in [3.63, 3.8) is 0 Å². The molecule has 0 spiro atoms. The predicted molar refractivity (Wildman–Crippen MR) is 534 cm³/mol. The Bertz CT molecular complexity index is 4940. The normalized spacial score (nSPS) is 13.7. The highest BCUT2D eigenvalue weighted by Crippen LogP contribution is 2.56. The average molecular weight is 1900 g/mol. The lowest BCUT2D eigenvalue weighted by atomic mass is 9.67. The van der Waals surface area contributed by atoms with Gasteiger partial charge in [-0.15, -0.1) is 0 Å². The first-order valence-corrected chi connectivity index (χ1v) is 49.1. The second kappa shape index (κ2) is 44.8. The number of benzene rings is 11. The van der Waals surface area contributed by atoms with Crippen molar-refractivity contribution in [2.45, 2.75) is 252 Å². The number of unbranched alkanes of at least 4 members (excludes halogenated alkanes) is 20. The van der Waals surface area contributed by atoms with Crippen LogP contribution in [0.15, 0.2) is 229 Å². The Labute approximate surface area is 763 Å². The van der Waals surface area contributed by atoms with E-state index in [1.165, 1.54) is 209 Å². The Morgan fingerprint density at radius 1 is 0.336 bits per heavy atom. The molecular weight excluding hydrogens is 1770 g/mol. The summed E-state index contributed by atoms with van der Waals surface area (Å²) in [5, 5.41) is 6.83. The molecule has 0 bridgehead atoms. The van der Waals surface area contributed by atoms with Gasteiger partial charge in [0.05, 0.1) is 60.0 Å². The van der Waals surface area contributed by atoms with E-state index in [0.717, 1.165) is 122 Å². The van der Waals surface area contributed by atoms with Gasteiger partial charge < -0.3 is 42.3 Å². The van der Waals surface area contributed by atoms with Crippen molar-refractivity contribution in [1.29, 1.82) is 0 Å².